The Morgan fingerprint density at radius 2 is 1.57 bits per heavy atom. The van der Waals surface area contributed by atoms with Crippen molar-refractivity contribution in [3.8, 4) is 28.7 Å². The Kier molecular flexibility index (Phi) is 9.44. The monoisotopic (exact) mass is 471 g/mol. The molecule has 6 nitrogen and oxygen atoms in total. The Bertz CT molecular complexity index is 1180. The first-order chi connectivity index (χ1) is 17.0. The van der Waals surface area contributed by atoms with Crippen LogP contribution in [0, 0.1) is 11.3 Å². The van der Waals surface area contributed by atoms with Gasteiger partial charge in [-0.1, -0.05) is 63.3 Å². The third-order valence-corrected chi connectivity index (χ3v) is 5.62. The molecule has 0 aliphatic carbocycles. The first-order valence-corrected chi connectivity index (χ1v) is 11.9. The molecule has 3 aromatic rings. The van der Waals surface area contributed by atoms with Gasteiger partial charge >= 0.3 is 11.9 Å². The number of para-hydroxylation sites is 1. The van der Waals surface area contributed by atoms with Crippen molar-refractivity contribution < 1.29 is 24.2 Å². The van der Waals surface area contributed by atoms with Gasteiger partial charge < -0.3 is 14.6 Å². The summed E-state index contributed by atoms with van der Waals surface area (Å²) < 4.78 is 11.4. The normalized spacial score (nSPS) is 10.4. The molecular weight excluding hydrogens is 442 g/mol. The largest absolute Gasteiger partial charge is 0.494 e. The van der Waals surface area contributed by atoms with E-state index in [-0.39, 0.29) is 16.9 Å². The van der Waals surface area contributed by atoms with E-state index in [1.165, 1.54) is 31.7 Å². The van der Waals surface area contributed by atoms with Gasteiger partial charge in [0.1, 0.15) is 11.3 Å². The van der Waals surface area contributed by atoms with E-state index in [2.05, 4.69) is 6.92 Å². The van der Waals surface area contributed by atoms with Gasteiger partial charge in [-0.05, 0) is 54.4 Å². The highest BCUT2D eigenvalue weighted by molar-refractivity contribution is 5.98. The zero-order chi connectivity index (χ0) is 25.0. The summed E-state index contributed by atoms with van der Waals surface area (Å²) in [6.45, 7) is 2.82. The molecule has 0 heterocycles. The number of carbonyl (C=O) groups is 2. The molecule has 0 fully saturated rings. The molecule has 0 aromatic heterocycles. The van der Waals surface area contributed by atoms with Crippen LogP contribution in [0.1, 0.15) is 71.7 Å². The van der Waals surface area contributed by atoms with E-state index < -0.39 is 11.9 Å². The SMILES string of the molecule is CCCCCCCCOc1ccc(C(=O)Oc2c(C(=O)O)cccc2-c2ccc(C#N)cc2)cc1. The van der Waals surface area contributed by atoms with E-state index in [1.807, 2.05) is 6.07 Å². The summed E-state index contributed by atoms with van der Waals surface area (Å²) in [5, 5.41) is 18.7. The van der Waals surface area contributed by atoms with Gasteiger partial charge in [0.15, 0.2) is 5.75 Å². The van der Waals surface area contributed by atoms with Crippen molar-refractivity contribution in [2.45, 2.75) is 45.4 Å². The summed E-state index contributed by atoms with van der Waals surface area (Å²) in [4.78, 5) is 24.7. The molecule has 0 aliphatic rings. The van der Waals surface area contributed by atoms with Crippen molar-refractivity contribution >= 4 is 11.9 Å². The van der Waals surface area contributed by atoms with Crippen LogP contribution in [0.4, 0.5) is 0 Å². The number of hydrogen-bond donors (Lipinski definition) is 1. The molecule has 180 valence electrons. The smallest absolute Gasteiger partial charge is 0.343 e. The van der Waals surface area contributed by atoms with Gasteiger partial charge in [0.05, 0.1) is 23.8 Å². The molecule has 3 aromatic carbocycles. The minimum absolute atomic E-state index is 0.0434. The van der Waals surface area contributed by atoms with Crippen molar-refractivity contribution in [1.29, 1.82) is 5.26 Å². The zero-order valence-corrected chi connectivity index (χ0v) is 19.8. The van der Waals surface area contributed by atoms with Crippen molar-refractivity contribution in [3.63, 3.8) is 0 Å². The Hall–Kier alpha value is -4.11. The summed E-state index contributed by atoms with van der Waals surface area (Å²) in [5.41, 5.74) is 1.71. The van der Waals surface area contributed by atoms with Gasteiger partial charge in [-0.2, -0.15) is 5.26 Å². The number of carboxylic acid groups (broad SMARTS) is 1. The Labute approximate surface area is 205 Å². The lowest BCUT2D eigenvalue weighted by atomic mass is 10.00. The number of nitriles is 1. The maximum absolute atomic E-state index is 12.9. The summed E-state index contributed by atoms with van der Waals surface area (Å²) in [6.07, 6.45) is 7.08. The van der Waals surface area contributed by atoms with E-state index in [0.717, 1.165) is 12.8 Å². The van der Waals surface area contributed by atoms with E-state index >= 15 is 0 Å². The molecule has 0 saturated heterocycles. The number of aromatic carboxylic acids is 1. The Morgan fingerprint density at radius 1 is 0.886 bits per heavy atom. The van der Waals surface area contributed by atoms with Crippen LogP contribution in [0.15, 0.2) is 66.7 Å². The number of carboxylic acids is 1. The van der Waals surface area contributed by atoms with E-state index in [1.54, 1.807) is 60.7 Å². The standard InChI is InChI=1S/C29H29NO5/c1-2-3-4-5-6-7-19-34-24-17-15-23(16-18-24)29(33)35-27-25(9-8-10-26(27)28(31)32)22-13-11-21(20-30)12-14-22/h8-18H,2-7,19H2,1H3,(H,31,32). The van der Waals surface area contributed by atoms with Crippen LogP contribution in [-0.4, -0.2) is 23.7 Å². The predicted molar refractivity (Wildman–Crippen MR) is 134 cm³/mol. The minimum atomic E-state index is -1.21. The molecule has 35 heavy (non-hydrogen) atoms. The molecule has 3 rings (SSSR count). The number of hydrogen-bond acceptors (Lipinski definition) is 5. The molecule has 0 bridgehead atoms. The van der Waals surface area contributed by atoms with Crippen LogP contribution in [0.5, 0.6) is 11.5 Å². The van der Waals surface area contributed by atoms with Crippen molar-refractivity contribution in [2.75, 3.05) is 6.61 Å². The number of benzene rings is 3. The molecule has 0 radical (unpaired) electrons. The lowest BCUT2D eigenvalue weighted by molar-refractivity contribution is 0.0682. The third-order valence-electron chi connectivity index (χ3n) is 5.62. The molecule has 0 atom stereocenters. The van der Waals surface area contributed by atoms with E-state index in [0.29, 0.717) is 29.0 Å². The fourth-order valence-corrected chi connectivity index (χ4v) is 3.68. The molecule has 0 unspecified atom stereocenters. The Balaban J connectivity index is 1.70. The highest BCUT2D eigenvalue weighted by atomic mass is 16.5. The minimum Gasteiger partial charge on any atom is -0.494 e. The van der Waals surface area contributed by atoms with Crippen LogP contribution in [0.3, 0.4) is 0 Å². The predicted octanol–water partition coefficient (Wildman–Crippen LogP) is 6.88. The second-order valence-electron chi connectivity index (χ2n) is 8.21. The molecule has 0 spiro atoms. The second kappa shape index (κ2) is 13.0. The quantitative estimate of drug-likeness (QED) is 0.176. The fourth-order valence-electron chi connectivity index (χ4n) is 3.68. The van der Waals surface area contributed by atoms with Gasteiger partial charge in [0.25, 0.3) is 0 Å². The van der Waals surface area contributed by atoms with E-state index in [4.69, 9.17) is 14.7 Å². The summed E-state index contributed by atoms with van der Waals surface area (Å²) in [5.74, 6) is -1.25. The maximum atomic E-state index is 12.9. The summed E-state index contributed by atoms with van der Waals surface area (Å²) in [6, 6.07) is 19.9. The highest BCUT2D eigenvalue weighted by Crippen LogP contribution is 2.34. The van der Waals surface area contributed by atoms with Crippen LogP contribution in [0.2, 0.25) is 0 Å². The second-order valence-corrected chi connectivity index (χ2v) is 8.21. The van der Waals surface area contributed by atoms with Crippen molar-refractivity contribution in [2.24, 2.45) is 0 Å². The molecular formula is C29H29NO5. The average molecular weight is 472 g/mol. The average Bonchev–Trinajstić information content (AvgIpc) is 2.88. The van der Waals surface area contributed by atoms with Gasteiger partial charge in [-0.25, -0.2) is 9.59 Å². The summed E-state index contributed by atoms with van der Waals surface area (Å²) in [7, 11) is 0. The molecule has 0 amide bonds. The van der Waals surface area contributed by atoms with Crippen molar-refractivity contribution in [3.05, 3.63) is 83.4 Å². The third kappa shape index (κ3) is 7.18. The molecule has 0 saturated carbocycles. The number of unbranched alkanes of at least 4 members (excludes halogenated alkanes) is 5. The highest BCUT2D eigenvalue weighted by Gasteiger charge is 2.20. The van der Waals surface area contributed by atoms with Gasteiger partial charge in [0, 0.05) is 5.56 Å². The molecule has 6 heteroatoms. The number of rotatable bonds is 12. The van der Waals surface area contributed by atoms with Crippen LogP contribution >= 0.6 is 0 Å². The first-order valence-electron chi connectivity index (χ1n) is 11.9. The summed E-state index contributed by atoms with van der Waals surface area (Å²) >= 11 is 0. The van der Waals surface area contributed by atoms with Crippen LogP contribution < -0.4 is 9.47 Å². The first kappa shape index (κ1) is 25.5. The Morgan fingerprint density at radius 3 is 2.23 bits per heavy atom. The van der Waals surface area contributed by atoms with Gasteiger partial charge in [-0.15, -0.1) is 0 Å². The van der Waals surface area contributed by atoms with Crippen LogP contribution in [0.25, 0.3) is 11.1 Å². The lowest BCUT2D eigenvalue weighted by Gasteiger charge is -2.13. The number of carbonyl (C=O) groups excluding carboxylic acids is 1. The maximum Gasteiger partial charge on any atom is 0.343 e. The molecule has 1 N–H and O–H groups in total. The van der Waals surface area contributed by atoms with Gasteiger partial charge in [0.2, 0.25) is 0 Å². The fraction of sp³-hybridized carbons (Fsp3) is 0.276. The number of ether oxygens (including phenoxy) is 2. The number of esters is 1. The van der Waals surface area contributed by atoms with Crippen LogP contribution in [-0.2, 0) is 0 Å². The van der Waals surface area contributed by atoms with E-state index in [9.17, 15) is 14.7 Å². The lowest BCUT2D eigenvalue weighted by Crippen LogP contribution is -2.12. The topological polar surface area (TPSA) is 96.6 Å². The molecule has 0 aliphatic heterocycles. The number of nitrogens with zero attached hydrogens (tertiary/aromatic N) is 1. The van der Waals surface area contributed by atoms with Gasteiger partial charge in [-0.3, -0.25) is 0 Å². The van der Waals surface area contributed by atoms with Crippen molar-refractivity contribution in [1.82, 2.24) is 0 Å². The zero-order valence-electron chi connectivity index (χ0n) is 19.8.